The lowest BCUT2D eigenvalue weighted by molar-refractivity contribution is 0.481. The van der Waals surface area contributed by atoms with Crippen LogP contribution in [-0.2, 0) is 0 Å². The average molecular weight is 285 g/mol. The summed E-state index contributed by atoms with van der Waals surface area (Å²) in [6.45, 7) is 7.38. The van der Waals surface area contributed by atoms with Crippen molar-refractivity contribution < 1.29 is 4.42 Å². The number of para-hydroxylation sites is 1. The van der Waals surface area contributed by atoms with Crippen LogP contribution in [0.3, 0.4) is 0 Å². The summed E-state index contributed by atoms with van der Waals surface area (Å²) in [5.74, 6) is 0.995. The largest absolute Gasteiger partial charge is 0.459 e. The van der Waals surface area contributed by atoms with Gasteiger partial charge in [0, 0.05) is 15.1 Å². The number of nitrogens with one attached hydrogen (secondary N) is 1. The van der Waals surface area contributed by atoms with Crippen LogP contribution < -0.4 is 5.32 Å². The summed E-state index contributed by atoms with van der Waals surface area (Å²) in [5.41, 5.74) is 2.31. The van der Waals surface area contributed by atoms with Crippen molar-refractivity contribution in [3.05, 3.63) is 57.5 Å². The van der Waals surface area contributed by atoms with E-state index in [0.29, 0.717) is 0 Å². The van der Waals surface area contributed by atoms with Crippen molar-refractivity contribution >= 4 is 22.3 Å². The Hall–Kier alpha value is -1.58. The molecule has 0 saturated carbocycles. The van der Waals surface area contributed by atoms with Crippen molar-refractivity contribution in [2.75, 3.05) is 6.54 Å². The molecule has 0 radical (unpaired) electrons. The minimum atomic E-state index is 0.143. The number of hydrogen-bond acceptors (Lipinski definition) is 3. The molecule has 3 rings (SSSR count). The Morgan fingerprint density at radius 2 is 2.00 bits per heavy atom. The summed E-state index contributed by atoms with van der Waals surface area (Å²) in [5, 5.41) is 4.70. The maximum absolute atomic E-state index is 6.03. The Morgan fingerprint density at radius 1 is 1.20 bits per heavy atom. The number of thiophene rings is 1. The Morgan fingerprint density at radius 3 is 2.65 bits per heavy atom. The van der Waals surface area contributed by atoms with Crippen molar-refractivity contribution in [3.8, 4) is 0 Å². The highest BCUT2D eigenvalue weighted by Crippen LogP contribution is 2.33. The molecule has 0 amide bonds. The zero-order valence-electron chi connectivity index (χ0n) is 12.1. The summed E-state index contributed by atoms with van der Waals surface area (Å²) in [6, 6.07) is 12.7. The first kappa shape index (κ1) is 13.4. The summed E-state index contributed by atoms with van der Waals surface area (Å²) >= 11 is 1.84. The van der Waals surface area contributed by atoms with Crippen LogP contribution in [0.1, 0.15) is 34.0 Å². The van der Waals surface area contributed by atoms with Gasteiger partial charge in [-0.15, -0.1) is 11.3 Å². The van der Waals surface area contributed by atoms with Gasteiger partial charge in [0.25, 0.3) is 0 Å². The Labute approximate surface area is 123 Å². The molecule has 2 aromatic heterocycles. The van der Waals surface area contributed by atoms with Crippen LogP contribution in [0.5, 0.6) is 0 Å². The minimum absolute atomic E-state index is 0.143. The number of aryl methyl sites for hydroxylation is 2. The molecule has 0 spiro atoms. The quantitative estimate of drug-likeness (QED) is 0.744. The van der Waals surface area contributed by atoms with E-state index < -0.39 is 0 Å². The van der Waals surface area contributed by atoms with Crippen LogP contribution in [0.15, 0.2) is 40.8 Å². The van der Waals surface area contributed by atoms with Gasteiger partial charge in [-0.05, 0) is 44.2 Å². The van der Waals surface area contributed by atoms with Crippen LogP contribution in [-0.4, -0.2) is 6.54 Å². The van der Waals surface area contributed by atoms with Gasteiger partial charge in [-0.2, -0.15) is 0 Å². The van der Waals surface area contributed by atoms with Crippen LogP contribution in [0.4, 0.5) is 0 Å². The first-order valence-corrected chi connectivity index (χ1v) is 7.79. The van der Waals surface area contributed by atoms with Gasteiger partial charge in [0.15, 0.2) is 0 Å². The molecule has 0 fully saturated rings. The van der Waals surface area contributed by atoms with Crippen LogP contribution >= 0.6 is 11.3 Å². The van der Waals surface area contributed by atoms with Crippen LogP contribution in [0, 0.1) is 13.8 Å². The molecule has 1 unspecified atom stereocenters. The molecule has 0 aliphatic carbocycles. The Balaban J connectivity index is 2.05. The highest BCUT2D eigenvalue weighted by atomic mass is 32.1. The molecular formula is C17H19NOS. The highest BCUT2D eigenvalue weighted by molar-refractivity contribution is 7.12. The number of hydrogen-bond donors (Lipinski definition) is 1. The first-order valence-electron chi connectivity index (χ1n) is 6.98. The van der Waals surface area contributed by atoms with E-state index >= 15 is 0 Å². The predicted molar refractivity (Wildman–Crippen MR) is 85.5 cm³/mol. The standard InChI is InChI=1S/C17H19NOS/c1-4-18-17(16-9-11(2)12(3)20-16)15-10-13-7-5-6-8-14(13)19-15/h5-10,17-18H,4H2,1-3H3. The molecule has 0 saturated heterocycles. The van der Waals surface area contributed by atoms with E-state index in [1.54, 1.807) is 0 Å². The molecule has 2 nitrogen and oxygen atoms in total. The van der Waals surface area contributed by atoms with E-state index in [1.807, 2.05) is 29.5 Å². The second kappa shape index (κ2) is 5.43. The fourth-order valence-electron chi connectivity index (χ4n) is 2.43. The Bertz CT molecular complexity index is 673. The molecule has 20 heavy (non-hydrogen) atoms. The molecule has 3 aromatic rings. The molecule has 1 N–H and O–H groups in total. The molecule has 1 aromatic carbocycles. The number of furan rings is 1. The lowest BCUT2D eigenvalue weighted by Gasteiger charge is -2.13. The van der Waals surface area contributed by atoms with Gasteiger partial charge in [-0.25, -0.2) is 0 Å². The average Bonchev–Trinajstić information content (AvgIpc) is 3.00. The zero-order valence-corrected chi connectivity index (χ0v) is 12.9. The number of rotatable bonds is 4. The van der Waals surface area contributed by atoms with Gasteiger partial charge in [-0.3, -0.25) is 0 Å². The molecule has 1 atom stereocenters. The SMILES string of the molecule is CCNC(c1cc2ccccc2o1)c1cc(C)c(C)s1. The fraction of sp³-hybridized carbons (Fsp3) is 0.294. The fourth-order valence-corrected chi connectivity index (χ4v) is 3.56. The Kier molecular flexibility index (Phi) is 3.64. The zero-order chi connectivity index (χ0) is 14.1. The van der Waals surface area contributed by atoms with Gasteiger partial charge < -0.3 is 9.73 Å². The van der Waals surface area contributed by atoms with Gasteiger partial charge in [0.05, 0.1) is 0 Å². The third-order valence-electron chi connectivity index (χ3n) is 3.61. The molecule has 3 heteroatoms. The van der Waals surface area contributed by atoms with Gasteiger partial charge in [0.2, 0.25) is 0 Å². The molecule has 0 aliphatic rings. The maximum atomic E-state index is 6.03. The van der Waals surface area contributed by atoms with Crippen molar-refractivity contribution in [1.82, 2.24) is 5.32 Å². The summed E-state index contributed by atoms with van der Waals surface area (Å²) in [4.78, 5) is 2.69. The minimum Gasteiger partial charge on any atom is -0.459 e. The van der Waals surface area contributed by atoms with Crippen LogP contribution in [0.2, 0.25) is 0 Å². The van der Waals surface area contributed by atoms with E-state index in [1.165, 1.54) is 15.3 Å². The topological polar surface area (TPSA) is 25.2 Å². The van der Waals surface area contributed by atoms with E-state index in [-0.39, 0.29) is 6.04 Å². The summed E-state index contributed by atoms with van der Waals surface area (Å²) in [6.07, 6.45) is 0. The molecule has 104 valence electrons. The van der Waals surface area contributed by atoms with E-state index in [9.17, 15) is 0 Å². The lowest BCUT2D eigenvalue weighted by Crippen LogP contribution is -2.20. The summed E-state index contributed by atoms with van der Waals surface area (Å²) < 4.78 is 6.03. The molecule has 0 bridgehead atoms. The number of fused-ring (bicyclic) bond motifs is 1. The third kappa shape index (κ3) is 2.39. The van der Waals surface area contributed by atoms with Crippen molar-refractivity contribution in [3.63, 3.8) is 0 Å². The lowest BCUT2D eigenvalue weighted by atomic mass is 10.1. The van der Waals surface area contributed by atoms with Crippen molar-refractivity contribution in [2.45, 2.75) is 26.8 Å². The maximum Gasteiger partial charge on any atom is 0.134 e. The third-order valence-corrected chi connectivity index (χ3v) is 4.82. The van der Waals surface area contributed by atoms with Gasteiger partial charge in [0.1, 0.15) is 17.4 Å². The van der Waals surface area contributed by atoms with Crippen LogP contribution in [0.25, 0.3) is 11.0 Å². The number of benzene rings is 1. The van der Waals surface area contributed by atoms with Crippen molar-refractivity contribution in [1.29, 1.82) is 0 Å². The monoisotopic (exact) mass is 285 g/mol. The van der Waals surface area contributed by atoms with E-state index in [2.05, 4.69) is 44.3 Å². The van der Waals surface area contributed by atoms with Gasteiger partial charge in [-0.1, -0.05) is 25.1 Å². The predicted octanol–water partition coefficient (Wildman–Crippen LogP) is 4.81. The second-order valence-electron chi connectivity index (χ2n) is 5.07. The highest BCUT2D eigenvalue weighted by Gasteiger charge is 2.20. The normalized spacial score (nSPS) is 12.9. The molecule has 0 aliphatic heterocycles. The second-order valence-corrected chi connectivity index (χ2v) is 6.35. The first-order chi connectivity index (χ1) is 9.69. The summed E-state index contributed by atoms with van der Waals surface area (Å²) in [7, 11) is 0. The molecule has 2 heterocycles. The smallest absolute Gasteiger partial charge is 0.134 e. The van der Waals surface area contributed by atoms with E-state index in [4.69, 9.17) is 4.42 Å². The molecular weight excluding hydrogens is 266 g/mol. The van der Waals surface area contributed by atoms with Gasteiger partial charge >= 0.3 is 0 Å². The van der Waals surface area contributed by atoms with Crippen molar-refractivity contribution in [2.24, 2.45) is 0 Å². The van der Waals surface area contributed by atoms with E-state index in [0.717, 1.165) is 23.3 Å².